The van der Waals surface area contributed by atoms with E-state index in [1.165, 1.54) is 6.92 Å². The van der Waals surface area contributed by atoms with Crippen molar-refractivity contribution in [2.45, 2.75) is 26.9 Å². The standard InChI is InChI=1S/C14H17FO3/c1-3-18-14(17)13(10(2)16)8-11-5-4-6-12(7-11)9-15/h4-7,13H,3,8-9H2,1-2H3. The summed E-state index contributed by atoms with van der Waals surface area (Å²) >= 11 is 0. The Balaban J connectivity index is 2.82. The van der Waals surface area contributed by atoms with Gasteiger partial charge in [0.05, 0.1) is 6.61 Å². The Hall–Kier alpha value is -1.71. The van der Waals surface area contributed by atoms with Crippen LogP contribution in [0.5, 0.6) is 0 Å². The molecule has 3 nitrogen and oxygen atoms in total. The zero-order valence-corrected chi connectivity index (χ0v) is 10.6. The quantitative estimate of drug-likeness (QED) is 0.577. The third-order valence-electron chi connectivity index (χ3n) is 2.65. The fraction of sp³-hybridized carbons (Fsp3) is 0.429. The minimum atomic E-state index is -0.806. The molecule has 0 saturated carbocycles. The molecule has 1 unspecified atom stereocenters. The average molecular weight is 252 g/mol. The summed E-state index contributed by atoms with van der Waals surface area (Å²) in [5.41, 5.74) is 1.30. The number of carbonyl (C=O) groups is 2. The van der Waals surface area contributed by atoms with E-state index in [-0.39, 0.29) is 18.8 Å². The van der Waals surface area contributed by atoms with Crippen LogP contribution in [0.25, 0.3) is 0 Å². The summed E-state index contributed by atoms with van der Waals surface area (Å²) in [6.45, 7) is 2.74. The Labute approximate surface area is 106 Å². The highest BCUT2D eigenvalue weighted by molar-refractivity contribution is 5.98. The molecule has 0 amide bonds. The lowest BCUT2D eigenvalue weighted by Gasteiger charge is -2.12. The fourth-order valence-electron chi connectivity index (χ4n) is 1.71. The van der Waals surface area contributed by atoms with Crippen LogP contribution >= 0.6 is 0 Å². The SMILES string of the molecule is CCOC(=O)C(Cc1cccc(CF)c1)C(C)=O. The second-order valence-electron chi connectivity index (χ2n) is 4.07. The van der Waals surface area contributed by atoms with E-state index in [1.54, 1.807) is 31.2 Å². The van der Waals surface area contributed by atoms with Crippen molar-refractivity contribution in [2.24, 2.45) is 5.92 Å². The van der Waals surface area contributed by atoms with E-state index in [0.29, 0.717) is 5.56 Å². The third kappa shape index (κ3) is 3.95. The van der Waals surface area contributed by atoms with Crippen LogP contribution in [0.2, 0.25) is 0 Å². The number of esters is 1. The van der Waals surface area contributed by atoms with Crippen LogP contribution in [0.15, 0.2) is 24.3 Å². The zero-order valence-electron chi connectivity index (χ0n) is 10.6. The van der Waals surface area contributed by atoms with Gasteiger partial charge in [0.25, 0.3) is 0 Å². The number of benzene rings is 1. The number of alkyl halides is 1. The molecule has 4 heteroatoms. The van der Waals surface area contributed by atoms with Gasteiger partial charge in [0.2, 0.25) is 0 Å². The monoisotopic (exact) mass is 252 g/mol. The van der Waals surface area contributed by atoms with E-state index in [9.17, 15) is 14.0 Å². The minimum Gasteiger partial charge on any atom is -0.465 e. The Bertz CT molecular complexity index is 429. The summed E-state index contributed by atoms with van der Waals surface area (Å²) in [5, 5.41) is 0. The molecule has 0 aromatic heterocycles. The van der Waals surface area contributed by atoms with Crippen LogP contribution in [-0.4, -0.2) is 18.4 Å². The first-order valence-electron chi connectivity index (χ1n) is 5.89. The summed E-state index contributed by atoms with van der Waals surface area (Å²) in [6, 6.07) is 6.81. The van der Waals surface area contributed by atoms with Crippen molar-refractivity contribution in [2.75, 3.05) is 6.61 Å². The summed E-state index contributed by atoms with van der Waals surface area (Å²) in [7, 11) is 0. The highest BCUT2D eigenvalue weighted by Gasteiger charge is 2.24. The molecule has 1 aromatic carbocycles. The van der Waals surface area contributed by atoms with Gasteiger partial charge in [-0.25, -0.2) is 4.39 Å². The van der Waals surface area contributed by atoms with E-state index in [2.05, 4.69) is 0 Å². The molecule has 0 fully saturated rings. The maximum atomic E-state index is 12.5. The van der Waals surface area contributed by atoms with E-state index >= 15 is 0 Å². The molecule has 0 aliphatic rings. The van der Waals surface area contributed by atoms with Crippen LogP contribution in [-0.2, 0) is 27.4 Å². The number of ether oxygens (including phenoxy) is 1. The molecular formula is C14H17FO3. The van der Waals surface area contributed by atoms with Crippen LogP contribution in [0, 0.1) is 5.92 Å². The van der Waals surface area contributed by atoms with Crippen molar-refractivity contribution in [1.29, 1.82) is 0 Å². The Kier molecular flexibility index (Phi) is 5.49. The van der Waals surface area contributed by atoms with Crippen molar-refractivity contribution >= 4 is 11.8 Å². The summed E-state index contributed by atoms with van der Waals surface area (Å²) in [4.78, 5) is 23.1. The van der Waals surface area contributed by atoms with Crippen molar-refractivity contribution < 1.29 is 18.7 Å². The fourth-order valence-corrected chi connectivity index (χ4v) is 1.71. The first kappa shape index (κ1) is 14.4. The Morgan fingerprint density at radius 3 is 2.56 bits per heavy atom. The van der Waals surface area contributed by atoms with Crippen molar-refractivity contribution in [3.63, 3.8) is 0 Å². The molecule has 0 heterocycles. The average Bonchev–Trinajstić information content (AvgIpc) is 2.36. The molecule has 0 saturated heterocycles. The number of rotatable bonds is 6. The smallest absolute Gasteiger partial charge is 0.316 e. The molecule has 0 N–H and O–H groups in total. The molecule has 1 rings (SSSR count). The molecule has 0 aliphatic carbocycles. The zero-order chi connectivity index (χ0) is 13.5. The molecule has 0 spiro atoms. The van der Waals surface area contributed by atoms with Crippen molar-refractivity contribution in [3.8, 4) is 0 Å². The van der Waals surface area contributed by atoms with Crippen LogP contribution < -0.4 is 0 Å². The number of halogens is 1. The maximum absolute atomic E-state index is 12.5. The summed E-state index contributed by atoms with van der Waals surface area (Å²) in [5.74, 6) is -1.56. The van der Waals surface area contributed by atoms with Gasteiger partial charge in [-0.3, -0.25) is 9.59 Å². The molecule has 0 bridgehead atoms. The number of ketones is 1. The van der Waals surface area contributed by atoms with Gasteiger partial charge in [0.1, 0.15) is 18.4 Å². The largest absolute Gasteiger partial charge is 0.465 e. The molecule has 0 radical (unpaired) electrons. The van der Waals surface area contributed by atoms with Crippen LogP contribution in [0.4, 0.5) is 4.39 Å². The molecule has 1 atom stereocenters. The Morgan fingerprint density at radius 1 is 1.33 bits per heavy atom. The normalized spacial score (nSPS) is 11.9. The molecular weight excluding hydrogens is 235 g/mol. The number of hydrogen-bond donors (Lipinski definition) is 0. The summed E-state index contributed by atoms with van der Waals surface area (Å²) in [6.07, 6.45) is 0.252. The van der Waals surface area contributed by atoms with Crippen molar-refractivity contribution in [1.82, 2.24) is 0 Å². The number of hydrogen-bond acceptors (Lipinski definition) is 3. The predicted molar refractivity (Wildman–Crippen MR) is 65.8 cm³/mol. The topological polar surface area (TPSA) is 43.4 Å². The number of carbonyl (C=O) groups excluding carboxylic acids is 2. The van der Waals surface area contributed by atoms with E-state index in [0.717, 1.165) is 5.56 Å². The van der Waals surface area contributed by atoms with E-state index < -0.39 is 18.6 Å². The Morgan fingerprint density at radius 2 is 2.00 bits per heavy atom. The maximum Gasteiger partial charge on any atom is 0.316 e. The van der Waals surface area contributed by atoms with Gasteiger partial charge in [0.15, 0.2) is 0 Å². The van der Waals surface area contributed by atoms with Crippen molar-refractivity contribution in [3.05, 3.63) is 35.4 Å². The summed E-state index contributed by atoms with van der Waals surface area (Å²) < 4.78 is 17.4. The van der Waals surface area contributed by atoms with E-state index in [1.807, 2.05) is 0 Å². The molecule has 1 aromatic rings. The molecule has 18 heavy (non-hydrogen) atoms. The second kappa shape index (κ2) is 6.89. The molecule has 0 aliphatic heterocycles. The first-order chi connectivity index (χ1) is 8.58. The number of Topliss-reactive ketones (excluding diaryl/α,β-unsaturated/α-hetero) is 1. The van der Waals surface area contributed by atoms with Gasteiger partial charge in [-0.2, -0.15) is 0 Å². The van der Waals surface area contributed by atoms with Gasteiger partial charge in [-0.15, -0.1) is 0 Å². The second-order valence-corrected chi connectivity index (χ2v) is 4.07. The lowest BCUT2D eigenvalue weighted by Crippen LogP contribution is -2.26. The lowest BCUT2D eigenvalue weighted by molar-refractivity contribution is -0.151. The van der Waals surface area contributed by atoms with Gasteiger partial charge in [-0.1, -0.05) is 24.3 Å². The first-order valence-corrected chi connectivity index (χ1v) is 5.89. The van der Waals surface area contributed by atoms with Gasteiger partial charge < -0.3 is 4.74 Å². The highest BCUT2D eigenvalue weighted by Crippen LogP contribution is 2.14. The molecule has 98 valence electrons. The third-order valence-corrected chi connectivity index (χ3v) is 2.65. The van der Waals surface area contributed by atoms with E-state index in [4.69, 9.17) is 4.74 Å². The predicted octanol–water partition coefficient (Wildman–Crippen LogP) is 2.47. The van der Waals surface area contributed by atoms with Gasteiger partial charge in [-0.05, 0) is 31.4 Å². The van der Waals surface area contributed by atoms with Crippen LogP contribution in [0.1, 0.15) is 25.0 Å². The van der Waals surface area contributed by atoms with Gasteiger partial charge >= 0.3 is 5.97 Å². The minimum absolute atomic E-state index is 0.237. The lowest BCUT2D eigenvalue weighted by atomic mass is 9.95. The highest BCUT2D eigenvalue weighted by atomic mass is 19.1. The van der Waals surface area contributed by atoms with Gasteiger partial charge in [0, 0.05) is 0 Å². The van der Waals surface area contributed by atoms with Crippen LogP contribution in [0.3, 0.4) is 0 Å².